The minimum absolute atomic E-state index is 0.0289. The summed E-state index contributed by atoms with van der Waals surface area (Å²) in [6, 6.07) is 3.31. The van der Waals surface area contributed by atoms with Gasteiger partial charge in [-0.1, -0.05) is 0 Å². The maximum Gasteiger partial charge on any atom is 0.315 e. The standard InChI is InChI=1S/C15H21N3O4/c1-22-13-3-2-8-16-12(13)9-17-15(21)18-11-6-4-10(5-7-11)14(19)20/h2-3,8,10-11H,4-7,9H2,1H3,(H,19,20)(H2,17,18,21). The van der Waals surface area contributed by atoms with Gasteiger partial charge in [-0.15, -0.1) is 0 Å². The Kier molecular flexibility index (Phi) is 5.57. The number of carbonyl (C=O) groups excluding carboxylic acids is 1. The van der Waals surface area contributed by atoms with Crippen molar-refractivity contribution in [3.63, 3.8) is 0 Å². The number of aromatic nitrogens is 1. The molecule has 1 saturated carbocycles. The summed E-state index contributed by atoms with van der Waals surface area (Å²) in [5, 5.41) is 14.6. The van der Waals surface area contributed by atoms with E-state index >= 15 is 0 Å². The lowest BCUT2D eigenvalue weighted by atomic mass is 9.86. The SMILES string of the molecule is COc1cccnc1CNC(=O)NC1CCC(C(=O)O)CC1. The summed E-state index contributed by atoms with van der Waals surface area (Å²) >= 11 is 0. The van der Waals surface area contributed by atoms with Crippen LogP contribution in [-0.4, -0.2) is 35.2 Å². The molecule has 7 nitrogen and oxygen atoms in total. The second-order valence-corrected chi connectivity index (χ2v) is 5.37. The van der Waals surface area contributed by atoms with Gasteiger partial charge < -0.3 is 20.5 Å². The number of pyridine rings is 1. The molecule has 2 rings (SSSR count). The van der Waals surface area contributed by atoms with Gasteiger partial charge in [0.05, 0.1) is 19.6 Å². The molecule has 0 aliphatic heterocycles. The largest absolute Gasteiger partial charge is 0.495 e. The molecule has 1 aromatic rings. The predicted octanol–water partition coefficient (Wildman–Crippen LogP) is 1.53. The van der Waals surface area contributed by atoms with Gasteiger partial charge in [-0.05, 0) is 37.8 Å². The lowest BCUT2D eigenvalue weighted by Crippen LogP contribution is -2.44. The van der Waals surface area contributed by atoms with Gasteiger partial charge in [0.15, 0.2) is 0 Å². The van der Waals surface area contributed by atoms with Gasteiger partial charge in [0.25, 0.3) is 0 Å². The Morgan fingerprint density at radius 2 is 2.09 bits per heavy atom. The number of hydrogen-bond acceptors (Lipinski definition) is 4. The number of carboxylic acids is 1. The minimum atomic E-state index is -0.745. The minimum Gasteiger partial charge on any atom is -0.495 e. The third kappa shape index (κ3) is 4.34. The van der Waals surface area contributed by atoms with Gasteiger partial charge in [0.2, 0.25) is 0 Å². The quantitative estimate of drug-likeness (QED) is 0.766. The summed E-state index contributed by atoms with van der Waals surface area (Å²) in [4.78, 5) is 26.9. The van der Waals surface area contributed by atoms with Crippen LogP contribution in [0.1, 0.15) is 31.4 Å². The monoisotopic (exact) mass is 307 g/mol. The molecule has 22 heavy (non-hydrogen) atoms. The highest BCUT2D eigenvalue weighted by atomic mass is 16.5. The Morgan fingerprint density at radius 1 is 1.36 bits per heavy atom. The van der Waals surface area contributed by atoms with E-state index in [1.807, 2.05) is 0 Å². The molecule has 0 radical (unpaired) electrons. The molecule has 0 unspecified atom stereocenters. The Labute approximate surface area is 129 Å². The summed E-state index contributed by atoms with van der Waals surface area (Å²) in [6.45, 7) is 0.278. The molecule has 1 aromatic heterocycles. The van der Waals surface area contributed by atoms with Gasteiger partial charge in [0, 0.05) is 12.2 Å². The molecule has 1 fully saturated rings. The Balaban J connectivity index is 1.76. The first kappa shape index (κ1) is 16.1. The van der Waals surface area contributed by atoms with Crippen molar-refractivity contribution >= 4 is 12.0 Å². The molecule has 0 saturated heterocycles. The molecular weight excluding hydrogens is 286 g/mol. The number of methoxy groups -OCH3 is 1. The van der Waals surface area contributed by atoms with E-state index in [4.69, 9.17) is 9.84 Å². The van der Waals surface area contributed by atoms with Crippen molar-refractivity contribution in [3.05, 3.63) is 24.0 Å². The number of nitrogens with one attached hydrogen (secondary N) is 2. The van der Waals surface area contributed by atoms with Crippen molar-refractivity contribution in [3.8, 4) is 5.75 Å². The van der Waals surface area contributed by atoms with Crippen LogP contribution in [0.3, 0.4) is 0 Å². The first-order valence-electron chi connectivity index (χ1n) is 7.35. The van der Waals surface area contributed by atoms with Gasteiger partial charge in [-0.25, -0.2) is 4.79 Å². The average Bonchev–Trinajstić information content (AvgIpc) is 2.53. The second-order valence-electron chi connectivity index (χ2n) is 5.37. The fraction of sp³-hybridized carbons (Fsp3) is 0.533. The van der Waals surface area contributed by atoms with Crippen molar-refractivity contribution in [2.75, 3.05) is 7.11 Å². The predicted molar refractivity (Wildman–Crippen MR) is 79.5 cm³/mol. The molecule has 7 heteroatoms. The summed E-state index contributed by atoms with van der Waals surface area (Å²) in [7, 11) is 1.56. The Hall–Kier alpha value is -2.31. The van der Waals surface area contributed by atoms with E-state index in [1.165, 1.54) is 0 Å². The summed E-state index contributed by atoms with van der Waals surface area (Å²) in [5.74, 6) is -0.395. The molecule has 0 atom stereocenters. The first-order chi connectivity index (χ1) is 10.6. The summed E-state index contributed by atoms with van der Waals surface area (Å²) < 4.78 is 5.17. The van der Waals surface area contributed by atoms with Crippen molar-refractivity contribution in [1.29, 1.82) is 0 Å². The molecule has 0 spiro atoms. The summed E-state index contributed by atoms with van der Waals surface area (Å²) in [6.07, 6.45) is 4.24. The number of hydrogen-bond donors (Lipinski definition) is 3. The lowest BCUT2D eigenvalue weighted by molar-refractivity contribution is -0.142. The molecule has 1 aliphatic carbocycles. The van der Waals surface area contributed by atoms with E-state index in [0.29, 0.717) is 37.1 Å². The number of carboxylic acid groups (broad SMARTS) is 1. The lowest BCUT2D eigenvalue weighted by Gasteiger charge is -2.26. The zero-order chi connectivity index (χ0) is 15.9. The van der Waals surface area contributed by atoms with Crippen LogP contribution in [-0.2, 0) is 11.3 Å². The van der Waals surface area contributed by atoms with Crippen LogP contribution in [0.2, 0.25) is 0 Å². The smallest absolute Gasteiger partial charge is 0.315 e. The van der Waals surface area contributed by atoms with E-state index in [-0.39, 0.29) is 24.5 Å². The van der Waals surface area contributed by atoms with E-state index < -0.39 is 5.97 Å². The number of nitrogens with zero attached hydrogens (tertiary/aromatic N) is 1. The average molecular weight is 307 g/mol. The van der Waals surface area contributed by atoms with E-state index in [2.05, 4.69) is 15.6 Å². The molecule has 0 bridgehead atoms. The Morgan fingerprint density at radius 3 is 2.73 bits per heavy atom. The zero-order valence-electron chi connectivity index (χ0n) is 12.5. The molecule has 0 aromatic carbocycles. The van der Waals surface area contributed by atoms with Gasteiger partial charge >= 0.3 is 12.0 Å². The normalized spacial score (nSPS) is 21.0. The second kappa shape index (κ2) is 7.63. The van der Waals surface area contributed by atoms with Gasteiger partial charge in [-0.2, -0.15) is 0 Å². The van der Waals surface area contributed by atoms with Crippen molar-refractivity contribution in [2.24, 2.45) is 5.92 Å². The van der Waals surface area contributed by atoms with E-state index in [0.717, 1.165) is 0 Å². The summed E-state index contributed by atoms with van der Waals surface area (Å²) in [5.41, 5.74) is 0.662. The first-order valence-corrected chi connectivity index (χ1v) is 7.35. The van der Waals surface area contributed by atoms with Gasteiger partial charge in [0.1, 0.15) is 11.4 Å². The number of amides is 2. The fourth-order valence-electron chi connectivity index (χ4n) is 2.63. The van der Waals surface area contributed by atoms with Gasteiger partial charge in [-0.3, -0.25) is 9.78 Å². The van der Waals surface area contributed by atoms with Crippen molar-refractivity contribution in [1.82, 2.24) is 15.6 Å². The highest BCUT2D eigenvalue weighted by Gasteiger charge is 2.26. The highest BCUT2D eigenvalue weighted by Crippen LogP contribution is 2.24. The molecule has 1 heterocycles. The molecule has 120 valence electrons. The van der Waals surface area contributed by atoms with Crippen LogP contribution in [0.4, 0.5) is 4.79 Å². The molecular formula is C15H21N3O4. The maximum absolute atomic E-state index is 11.9. The Bertz CT molecular complexity index is 527. The van der Waals surface area contributed by atoms with Crippen molar-refractivity contribution in [2.45, 2.75) is 38.3 Å². The van der Waals surface area contributed by atoms with Crippen LogP contribution in [0.25, 0.3) is 0 Å². The number of ether oxygens (including phenoxy) is 1. The van der Waals surface area contributed by atoms with Crippen molar-refractivity contribution < 1.29 is 19.4 Å². The van der Waals surface area contributed by atoms with Crippen LogP contribution < -0.4 is 15.4 Å². The topological polar surface area (TPSA) is 101 Å². The van der Waals surface area contributed by atoms with Crippen LogP contribution in [0.15, 0.2) is 18.3 Å². The molecule has 1 aliphatic rings. The van der Waals surface area contributed by atoms with Crippen LogP contribution >= 0.6 is 0 Å². The molecule has 3 N–H and O–H groups in total. The van der Waals surface area contributed by atoms with Crippen LogP contribution in [0, 0.1) is 5.92 Å². The maximum atomic E-state index is 11.9. The highest BCUT2D eigenvalue weighted by molar-refractivity contribution is 5.74. The number of carbonyl (C=O) groups is 2. The third-order valence-corrected chi connectivity index (χ3v) is 3.90. The number of aliphatic carboxylic acids is 1. The fourth-order valence-corrected chi connectivity index (χ4v) is 2.63. The number of urea groups is 1. The zero-order valence-corrected chi connectivity index (χ0v) is 12.5. The van der Waals surface area contributed by atoms with E-state index in [9.17, 15) is 9.59 Å². The third-order valence-electron chi connectivity index (χ3n) is 3.90. The number of rotatable bonds is 5. The van der Waals surface area contributed by atoms with Crippen LogP contribution in [0.5, 0.6) is 5.75 Å². The van der Waals surface area contributed by atoms with E-state index in [1.54, 1.807) is 25.4 Å². The molecule has 2 amide bonds.